The quantitative estimate of drug-likeness (QED) is 0.0832. The summed E-state index contributed by atoms with van der Waals surface area (Å²) in [6.07, 6.45) is 11.2. The molecular formula is C46H32ClN5O4. The maximum Gasteiger partial charge on any atom is 0.336 e. The molecule has 0 bridgehead atoms. The number of nitrogens with two attached hydrogens (primary N) is 1. The lowest BCUT2D eigenvalue weighted by Crippen LogP contribution is -2.25. The Morgan fingerprint density at radius 3 is 2.39 bits per heavy atom. The number of phenolic OH excluding ortho intramolecular Hbond substituents is 1. The summed E-state index contributed by atoms with van der Waals surface area (Å²) >= 11 is 6.08. The monoisotopic (exact) mass is 753 g/mol. The average Bonchev–Trinajstić information content (AvgIpc) is 3.66. The lowest BCUT2D eigenvalue weighted by Gasteiger charge is -2.22. The number of anilines is 1. The topological polar surface area (TPSA) is 154 Å². The van der Waals surface area contributed by atoms with E-state index >= 15 is 0 Å². The number of aromatic hydroxyl groups is 1. The number of nitrogens with one attached hydrogen (secondary N) is 2. The Morgan fingerprint density at radius 1 is 0.875 bits per heavy atom. The Labute approximate surface area is 326 Å². The first-order valence-corrected chi connectivity index (χ1v) is 18.0. The van der Waals surface area contributed by atoms with Crippen LogP contribution in [0.4, 0.5) is 5.69 Å². The predicted octanol–water partition coefficient (Wildman–Crippen LogP) is 6.94. The zero-order chi connectivity index (χ0) is 38.9. The molecule has 10 heteroatoms. The number of nitrogens with zero attached hydrogens (tertiary/aromatic N) is 2. The summed E-state index contributed by atoms with van der Waals surface area (Å²) in [5, 5.41) is 25.7. The molecule has 1 amide bonds. The second-order valence-corrected chi connectivity index (χ2v) is 13.8. The molecular weight excluding hydrogens is 722 g/mol. The summed E-state index contributed by atoms with van der Waals surface area (Å²) in [5.74, 6) is 1.56. The standard InChI is InChI=1S/C46H32ClN5O4/c1-2-3-26-6-12-35-32(20-26)21-33-22-34(48)11-14-36(33)41(35)37-13-9-31(23-38(37)46(55)56)45(54)50-25-27-4-7-29(8-5-27)44-51-42(28-16-18-49-19-17-28)43(52-44)30-10-15-39(47)40(53)24-30/h1,3-20,22-24,53H,21,25,48H2,(H,50,54)(H,51,52)(H,55,56)/b26-3+. The van der Waals surface area contributed by atoms with Crippen molar-refractivity contribution < 1.29 is 19.8 Å². The van der Waals surface area contributed by atoms with Gasteiger partial charge in [0.25, 0.3) is 5.91 Å². The van der Waals surface area contributed by atoms with Crippen molar-refractivity contribution in [3.8, 4) is 52.0 Å². The maximum atomic E-state index is 13.5. The SMILES string of the molecule is C#C/C=c1\ccc2c(c1)Cc1cc(N)ccc1C=2c1ccc(C(=O)NCc2ccc(-c3nc(-c4ccc(Cl)c(O)c4)c(-c4ccncc4)[nH]3)cc2)cc1C(=O)O. The Hall–Kier alpha value is -7.41. The number of H-pyrrole nitrogens is 1. The minimum atomic E-state index is -1.15. The van der Waals surface area contributed by atoms with Crippen molar-refractivity contribution in [1.29, 1.82) is 0 Å². The molecule has 1 aliphatic carbocycles. The number of imidazole rings is 1. The van der Waals surface area contributed by atoms with Gasteiger partial charge in [0, 0.05) is 46.9 Å². The summed E-state index contributed by atoms with van der Waals surface area (Å²) in [6.45, 7) is 0.204. The van der Waals surface area contributed by atoms with Crippen LogP contribution >= 0.6 is 11.6 Å². The van der Waals surface area contributed by atoms with Gasteiger partial charge in [0.2, 0.25) is 0 Å². The lowest BCUT2D eigenvalue weighted by atomic mass is 9.81. The normalized spacial score (nSPS) is 12.1. The van der Waals surface area contributed by atoms with Gasteiger partial charge in [-0.15, -0.1) is 6.42 Å². The van der Waals surface area contributed by atoms with E-state index in [2.05, 4.69) is 21.2 Å². The third-order valence-corrected chi connectivity index (χ3v) is 10.1. The first-order chi connectivity index (χ1) is 27.2. The van der Waals surface area contributed by atoms with Crippen LogP contribution < -0.4 is 21.5 Å². The van der Waals surface area contributed by atoms with Gasteiger partial charge in [0.15, 0.2) is 0 Å². The van der Waals surface area contributed by atoms with Crippen molar-refractivity contribution in [2.45, 2.75) is 13.0 Å². The minimum absolute atomic E-state index is 0.00431. The van der Waals surface area contributed by atoms with Gasteiger partial charge < -0.3 is 26.2 Å². The number of terminal acetylenes is 1. The molecule has 7 aromatic rings. The number of aromatic carboxylic acids is 1. The summed E-state index contributed by atoms with van der Waals surface area (Å²) < 4.78 is 0. The number of phenols is 1. The van der Waals surface area contributed by atoms with Gasteiger partial charge in [-0.1, -0.05) is 78.2 Å². The van der Waals surface area contributed by atoms with Crippen LogP contribution in [-0.4, -0.2) is 37.0 Å². The number of aromatic amines is 1. The van der Waals surface area contributed by atoms with E-state index < -0.39 is 11.9 Å². The highest BCUT2D eigenvalue weighted by molar-refractivity contribution is 6.32. The summed E-state index contributed by atoms with van der Waals surface area (Å²) in [7, 11) is 0. The molecule has 5 aromatic carbocycles. The first-order valence-electron chi connectivity index (χ1n) is 17.6. The number of halogens is 1. The number of hydrogen-bond acceptors (Lipinski definition) is 6. The molecule has 0 unspecified atom stereocenters. The number of pyridine rings is 1. The number of fused-ring (bicyclic) bond motifs is 2. The molecule has 0 radical (unpaired) electrons. The Balaban J connectivity index is 1.06. The molecule has 0 saturated heterocycles. The van der Waals surface area contributed by atoms with E-state index in [0.29, 0.717) is 34.8 Å². The van der Waals surface area contributed by atoms with Crippen molar-refractivity contribution in [1.82, 2.24) is 20.3 Å². The summed E-state index contributed by atoms with van der Waals surface area (Å²) in [4.78, 5) is 38.7. The number of carboxylic acid groups (broad SMARTS) is 1. The highest BCUT2D eigenvalue weighted by Gasteiger charge is 2.24. The average molecular weight is 754 g/mol. The number of carbonyl (C=O) groups excluding carboxylic acids is 1. The molecule has 0 aliphatic heterocycles. The molecule has 272 valence electrons. The molecule has 0 spiro atoms. The minimum Gasteiger partial charge on any atom is -0.506 e. The fraction of sp³-hybridized carbons (Fsp3) is 0.0435. The van der Waals surface area contributed by atoms with Crippen molar-refractivity contribution in [2.75, 3.05) is 5.73 Å². The van der Waals surface area contributed by atoms with E-state index in [1.54, 1.807) is 54.9 Å². The fourth-order valence-electron chi connectivity index (χ4n) is 7.09. The van der Waals surface area contributed by atoms with E-state index in [0.717, 1.165) is 55.1 Å². The zero-order valence-corrected chi connectivity index (χ0v) is 30.4. The molecule has 0 saturated carbocycles. The number of carbonyl (C=O) groups is 2. The van der Waals surface area contributed by atoms with Gasteiger partial charge in [-0.05, 0) is 105 Å². The number of amides is 1. The second kappa shape index (κ2) is 14.8. The van der Waals surface area contributed by atoms with Gasteiger partial charge in [-0.2, -0.15) is 0 Å². The van der Waals surface area contributed by atoms with Gasteiger partial charge in [-0.3, -0.25) is 9.78 Å². The van der Waals surface area contributed by atoms with E-state index in [-0.39, 0.29) is 28.4 Å². The van der Waals surface area contributed by atoms with Crippen LogP contribution in [0.25, 0.3) is 45.6 Å². The highest BCUT2D eigenvalue weighted by atomic mass is 35.5. The van der Waals surface area contributed by atoms with Crippen LogP contribution in [0.5, 0.6) is 5.75 Å². The number of aromatic nitrogens is 3. The van der Waals surface area contributed by atoms with Gasteiger partial charge in [-0.25, -0.2) is 9.78 Å². The zero-order valence-electron chi connectivity index (χ0n) is 29.7. The van der Waals surface area contributed by atoms with Crippen LogP contribution in [-0.2, 0) is 13.0 Å². The molecule has 1 aliphatic rings. The number of hydrogen-bond donors (Lipinski definition) is 5. The maximum absolute atomic E-state index is 13.5. The molecule has 2 heterocycles. The van der Waals surface area contributed by atoms with Gasteiger partial charge in [0.05, 0.1) is 22.0 Å². The van der Waals surface area contributed by atoms with E-state index in [4.69, 9.17) is 28.7 Å². The molecule has 8 rings (SSSR count). The molecule has 56 heavy (non-hydrogen) atoms. The number of nitrogen functional groups attached to an aromatic ring is 1. The molecule has 0 atom stereocenters. The smallest absolute Gasteiger partial charge is 0.336 e. The third-order valence-electron chi connectivity index (χ3n) is 9.78. The largest absolute Gasteiger partial charge is 0.506 e. The van der Waals surface area contributed by atoms with Gasteiger partial charge in [0.1, 0.15) is 11.6 Å². The van der Waals surface area contributed by atoms with Crippen LogP contribution in [0, 0.1) is 12.3 Å². The van der Waals surface area contributed by atoms with Crippen molar-refractivity contribution in [3.63, 3.8) is 0 Å². The van der Waals surface area contributed by atoms with Crippen LogP contribution in [0.1, 0.15) is 48.5 Å². The first kappa shape index (κ1) is 35.6. The fourth-order valence-corrected chi connectivity index (χ4v) is 7.20. The molecule has 6 N–H and O–H groups in total. The summed E-state index contributed by atoms with van der Waals surface area (Å²) in [6, 6.07) is 32.6. The Kier molecular flexibility index (Phi) is 9.40. The van der Waals surface area contributed by atoms with Gasteiger partial charge >= 0.3 is 5.97 Å². The highest BCUT2D eigenvalue weighted by Crippen LogP contribution is 2.36. The summed E-state index contributed by atoms with van der Waals surface area (Å²) in [5.41, 5.74) is 15.6. The van der Waals surface area contributed by atoms with E-state index in [1.807, 2.05) is 66.7 Å². The number of carboxylic acids is 1. The lowest BCUT2D eigenvalue weighted by molar-refractivity contribution is 0.0696. The van der Waals surface area contributed by atoms with Crippen LogP contribution in [0.2, 0.25) is 5.02 Å². The predicted molar refractivity (Wildman–Crippen MR) is 218 cm³/mol. The van der Waals surface area contributed by atoms with Crippen molar-refractivity contribution in [2.24, 2.45) is 0 Å². The van der Waals surface area contributed by atoms with Crippen LogP contribution in [0.3, 0.4) is 0 Å². The Bertz CT molecular complexity index is 2880. The third kappa shape index (κ3) is 6.89. The molecule has 9 nitrogen and oxygen atoms in total. The van der Waals surface area contributed by atoms with Crippen LogP contribution in [0.15, 0.2) is 122 Å². The number of benzene rings is 5. The van der Waals surface area contributed by atoms with Crippen molar-refractivity contribution >= 4 is 40.8 Å². The Morgan fingerprint density at radius 2 is 1.64 bits per heavy atom. The molecule has 0 fully saturated rings. The van der Waals surface area contributed by atoms with Crippen molar-refractivity contribution in [3.05, 3.63) is 176 Å². The van der Waals surface area contributed by atoms with E-state index in [9.17, 15) is 19.8 Å². The molecule has 2 aromatic heterocycles. The number of rotatable bonds is 8. The second-order valence-electron chi connectivity index (χ2n) is 13.4. The van der Waals surface area contributed by atoms with E-state index in [1.165, 1.54) is 6.07 Å².